The van der Waals surface area contributed by atoms with Gasteiger partial charge in [0.1, 0.15) is 11.5 Å². The van der Waals surface area contributed by atoms with E-state index in [4.69, 9.17) is 9.47 Å². The number of nitrogens with zero attached hydrogens (tertiary/aromatic N) is 3. The molecule has 1 amide bonds. The second-order valence-electron chi connectivity index (χ2n) is 7.34. The predicted octanol–water partition coefficient (Wildman–Crippen LogP) is 5.32. The molecule has 0 saturated heterocycles. The highest BCUT2D eigenvalue weighted by Gasteiger charge is 2.14. The molecule has 0 aliphatic carbocycles. The van der Waals surface area contributed by atoms with Crippen LogP contribution < -0.4 is 14.8 Å². The van der Waals surface area contributed by atoms with Crippen molar-refractivity contribution in [3.05, 3.63) is 78.4 Å². The molecule has 0 radical (unpaired) electrons. The van der Waals surface area contributed by atoms with E-state index in [0.29, 0.717) is 22.3 Å². The van der Waals surface area contributed by atoms with Crippen LogP contribution in [0.1, 0.15) is 5.56 Å². The number of nitrogens with one attached hydrogen (secondary N) is 1. The molecule has 33 heavy (non-hydrogen) atoms. The van der Waals surface area contributed by atoms with Gasteiger partial charge in [0.2, 0.25) is 5.91 Å². The Balaban J connectivity index is 1.39. The van der Waals surface area contributed by atoms with Crippen LogP contribution in [-0.2, 0) is 11.8 Å². The van der Waals surface area contributed by atoms with Crippen molar-refractivity contribution in [3.63, 3.8) is 0 Å². The second kappa shape index (κ2) is 10.2. The minimum Gasteiger partial charge on any atom is -0.497 e. The normalized spacial score (nSPS) is 10.6. The van der Waals surface area contributed by atoms with E-state index in [9.17, 15) is 4.79 Å². The van der Waals surface area contributed by atoms with Crippen molar-refractivity contribution in [1.29, 1.82) is 0 Å². The molecule has 8 heteroatoms. The molecule has 4 aromatic rings. The Bertz CT molecular complexity index is 1240. The van der Waals surface area contributed by atoms with Gasteiger partial charge in [-0.05, 0) is 55.5 Å². The third kappa shape index (κ3) is 5.53. The van der Waals surface area contributed by atoms with Crippen molar-refractivity contribution in [2.75, 3.05) is 18.2 Å². The van der Waals surface area contributed by atoms with Gasteiger partial charge in [-0.3, -0.25) is 4.79 Å². The molecule has 0 unspecified atom stereocenters. The van der Waals surface area contributed by atoms with Crippen LogP contribution in [0, 0.1) is 6.92 Å². The summed E-state index contributed by atoms with van der Waals surface area (Å²) >= 11 is 1.32. The summed E-state index contributed by atoms with van der Waals surface area (Å²) in [5.74, 6) is 2.82. The molecule has 4 rings (SSSR count). The lowest BCUT2D eigenvalue weighted by Crippen LogP contribution is -2.15. The summed E-state index contributed by atoms with van der Waals surface area (Å²) in [5.41, 5.74) is 2.68. The molecular formula is C25H24N4O3S. The minimum absolute atomic E-state index is 0.158. The number of hydrogen-bond donors (Lipinski definition) is 1. The van der Waals surface area contributed by atoms with Crippen LogP contribution in [0.4, 0.5) is 5.69 Å². The predicted molar refractivity (Wildman–Crippen MR) is 130 cm³/mol. The fourth-order valence-corrected chi connectivity index (χ4v) is 3.85. The van der Waals surface area contributed by atoms with Crippen molar-refractivity contribution < 1.29 is 14.3 Å². The number of carbonyl (C=O) groups is 1. The standard InChI is InChI=1S/C25H24N4O3S/c1-17-8-12-20(13-9-17)32-22-7-5-4-6-21(22)26-23(30)16-33-25-28-27-24(29(25)2)18-10-14-19(31-3)15-11-18/h4-15H,16H2,1-3H3,(H,26,30). The molecule has 0 aliphatic heterocycles. The van der Waals surface area contributed by atoms with Gasteiger partial charge in [0.25, 0.3) is 0 Å². The highest BCUT2D eigenvalue weighted by Crippen LogP contribution is 2.30. The molecule has 1 heterocycles. The maximum absolute atomic E-state index is 12.6. The number of aryl methyl sites for hydroxylation is 1. The first-order chi connectivity index (χ1) is 16.0. The second-order valence-corrected chi connectivity index (χ2v) is 8.28. The van der Waals surface area contributed by atoms with Gasteiger partial charge >= 0.3 is 0 Å². The molecule has 0 spiro atoms. The van der Waals surface area contributed by atoms with E-state index in [1.54, 1.807) is 7.11 Å². The summed E-state index contributed by atoms with van der Waals surface area (Å²) in [7, 11) is 3.51. The topological polar surface area (TPSA) is 78.3 Å². The third-order valence-corrected chi connectivity index (χ3v) is 5.95. The maximum Gasteiger partial charge on any atom is 0.234 e. The van der Waals surface area contributed by atoms with Crippen LogP contribution in [0.2, 0.25) is 0 Å². The number of benzene rings is 3. The van der Waals surface area contributed by atoms with Crippen molar-refractivity contribution in [3.8, 4) is 28.6 Å². The number of anilines is 1. The Hall–Kier alpha value is -3.78. The zero-order valence-corrected chi connectivity index (χ0v) is 19.4. The summed E-state index contributed by atoms with van der Waals surface area (Å²) in [4.78, 5) is 12.6. The Morgan fingerprint density at radius 2 is 1.67 bits per heavy atom. The van der Waals surface area contributed by atoms with Crippen LogP contribution in [0.3, 0.4) is 0 Å². The Labute approximate surface area is 196 Å². The number of carbonyl (C=O) groups excluding carboxylic acids is 1. The monoisotopic (exact) mass is 460 g/mol. The van der Waals surface area contributed by atoms with Crippen LogP contribution in [-0.4, -0.2) is 33.5 Å². The Morgan fingerprint density at radius 3 is 2.39 bits per heavy atom. The molecule has 1 N–H and O–H groups in total. The molecule has 3 aromatic carbocycles. The summed E-state index contributed by atoms with van der Waals surface area (Å²) in [5, 5.41) is 12.1. The summed E-state index contributed by atoms with van der Waals surface area (Å²) in [6, 6.07) is 22.7. The molecule has 1 aromatic heterocycles. The van der Waals surface area contributed by atoms with Crippen LogP contribution in [0.25, 0.3) is 11.4 Å². The molecular weight excluding hydrogens is 436 g/mol. The molecule has 7 nitrogen and oxygen atoms in total. The zero-order chi connectivity index (χ0) is 23.2. The first-order valence-corrected chi connectivity index (χ1v) is 11.3. The smallest absolute Gasteiger partial charge is 0.234 e. The van der Waals surface area contributed by atoms with E-state index < -0.39 is 0 Å². The quantitative estimate of drug-likeness (QED) is 0.359. The summed E-state index contributed by atoms with van der Waals surface area (Å²) in [6.07, 6.45) is 0. The van der Waals surface area contributed by atoms with Crippen LogP contribution in [0.15, 0.2) is 78.0 Å². The first-order valence-electron chi connectivity index (χ1n) is 10.3. The fraction of sp³-hybridized carbons (Fsp3) is 0.160. The molecule has 0 fully saturated rings. The van der Waals surface area contributed by atoms with Gasteiger partial charge in [-0.15, -0.1) is 10.2 Å². The SMILES string of the molecule is COc1ccc(-c2nnc(SCC(=O)Nc3ccccc3Oc3ccc(C)cc3)n2C)cc1. The highest BCUT2D eigenvalue weighted by molar-refractivity contribution is 7.99. The number of amides is 1. The highest BCUT2D eigenvalue weighted by atomic mass is 32.2. The lowest BCUT2D eigenvalue weighted by molar-refractivity contribution is -0.113. The molecule has 168 valence electrons. The van der Waals surface area contributed by atoms with Crippen LogP contribution in [0.5, 0.6) is 17.2 Å². The van der Waals surface area contributed by atoms with Crippen molar-refractivity contribution >= 4 is 23.4 Å². The van der Waals surface area contributed by atoms with E-state index in [-0.39, 0.29) is 11.7 Å². The lowest BCUT2D eigenvalue weighted by atomic mass is 10.2. The Morgan fingerprint density at radius 1 is 0.970 bits per heavy atom. The zero-order valence-electron chi connectivity index (χ0n) is 18.6. The number of hydrogen-bond acceptors (Lipinski definition) is 6. The number of thioether (sulfide) groups is 1. The van der Waals surface area contributed by atoms with E-state index in [0.717, 1.165) is 22.7 Å². The fourth-order valence-electron chi connectivity index (χ4n) is 3.14. The number of aromatic nitrogens is 3. The number of para-hydroxylation sites is 2. The van der Waals surface area contributed by atoms with Gasteiger partial charge in [-0.1, -0.05) is 41.6 Å². The summed E-state index contributed by atoms with van der Waals surface area (Å²) in [6.45, 7) is 2.02. The van der Waals surface area contributed by atoms with Gasteiger partial charge in [-0.2, -0.15) is 0 Å². The number of rotatable bonds is 8. The third-order valence-electron chi connectivity index (χ3n) is 4.93. The van der Waals surface area contributed by atoms with E-state index in [1.165, 1.54) is 11.8 Å². The molecule has 0 saturated carbocycles. The van der Waals surface area contributed by atoms with Gasteiger partial charge in [0, 0.05) is 12.6 Å². The lowest BCUT2D eigenvalue weighted by Gasteiger charge is -2.12. The average Bonchev–Trinajstić information content (AvgIpc) is 3.20. The van der Waals surface area contributed by atoms with Crippen molar-refractivity contribution in [2.45, 2.75) is 12.1 Å². The van der Waals surface area contributed by atoms with Gasteiger partial charge in [0.15, 0.2) is 16.7 Å². The van der Waals surface area contributed by atoms with E-state index in [1.807, 2.05) is 91.3 Å². The van der Waals surface area contributed by atoms with Crippen LogP contribution >= 0.6 is 11.8 Å². The number of methoxy groups -OCH3 is 1. The molecule has 0 atom stereocenters. The van der Waals surface area contributed by atoms with Gasteiger partial charge < -0.3 is 19.4 Å². The van der Waals surface area contributed by atoms with E-state index >= 15 is 0 Å². The largest absolute Gasteiger partial charge is 0.497 e. The minimum atomic E-state index is -0.158. The van der Waals surface area contributed by atoms with Crippen molar-refractivity contribution in [2.24, 2.45) is 7.05 Å². The van der Waals surface area contributed by atoms with Gasteiger partial charge in [-0.25, -0.2) is 0 Å². The maximum atomic E-state index is 12.6. The van der Waals surface area contributed by atoms with E-state index in [2.05, 4.69) is 15.5 Å². The Kier molecular flexibility index (Phi) is 6.95. The number of ether oxygens (including phenoxy) is 2. The van der Waals surface area contributed by atoms with Crippen molar-refractivity contribution in [1.82, 2.24) is 14.8 Å². The average molecular weight is 461 g/mol. The van der Waals surface area contributed by atoms with Gasteiger partial charge in [0.05, 0.1) is 18.6 Å². The first kappa shape index (κ1) is 22.4. The molecule has 0 bridgehead atoms. The molecule has 0 aliphatic rings. The summed E-state index contributed by atoms with van der Waals surface area (Å²) < 4.78 is 13.0.